The number of urea groups is 1. The molecule has 0 heterocycles. The number of carbonyl (C=O) groups excluding carboxylic acids is 1. The molecule has 2 amide bonds. The smallest absolute Gasteiger partial charge is 0.328 e. The third-order valence-electron chi connectivity index (χ3n) is 3.61. The van der Waals surface area contributed by atoms with Gasteiger partial charge < -0.3 is 20.5 Å². The van der Waals surface area contributed by atoms with Gasteiger partial charge in [0, 0.05) is 13.2 Å². The molecule has 19 heavy (non-hydrogen) atoms. The number of methoxy groups -OCH3 is 1. The van der Waals surface area contributed by atoms with E-state index >= 15 is 0 Å². The molecular formula is C13H24N2O4. The number of rotatable bonds is 5. The minimum absolute atomic E-state index is 0.0412. The van der Waals surface area contributed by atoms with Crippen LogP contribution in [0, 0.1) is 5.41 Å². The molecule has 6 heteroatoms. The molecule has 0 spiro atoms. The number of ether oxygens (including phenoxy) is 1. The van der Waals surface area contributed by atoms with E-state index in [-0.39, 0.29) is 12.6 Å². The van der Waals surface area contributed by atoms with Gasteiger partial charge in [-0.2, -0.15) is 0 Å². The maximum absolute atomic E-state index is 11.7. The monoisotopic (exact) mass is 272 g/mol. The zero-order chi connectivity index (χ0) is 14.5. The molecule has 110 valence electrons. The van der Waals surface area contributed by atoms with Gasteiger partial charge in [-0.15, -0.1) is 0 Å². The number of carboxylic acid groups (broad SMARTS) is 1. The first-order chi connectivity index (χ1) is 8.84. The molecule has 0 aromatic heterocycles. The van der Waals surface area contributed by atoms with E-state index in [0.29, 0.717) is 5.41 Å². The van der Waals surface area contributed by atoms with Crippen molar-refractivity contribution >= 4 is 12.0 Å². The van der Waals surface area contributed by atoms with Gasteiger partial charge in [0.25, 0.3) is 0 Å². The Bertz CT molecular complexity index is 321. The highest BCUT2D eigenvalue weighted by Gasteiger charge is 2.28. The van der Waals surface area contributed by atoms with Gasteiger partial charge in [-0.1, -0.05) is 13.8 Å². The summed E-state index contributed by atoms with van der Waals surface area (Å²) in [4.78, 5) is 22.6. The third-order valence-corrected chi connectivity index (χ3v) is 3.61. The molecule has 3 N–H and O–H groups in total. The minimum Gasteiger partial charge on any atom is -0.480 e. The van der Waals surface area contributed by atoms with Gasteiger partial charge in [-0.05, 0) is 31.1 Å². The van der Waals surface area contributed by atoms with E-state index in [1.165, 1.54) is 7.11 Å². The van der Waals surface area contributed by atoms with Crippen molar-refractivity contribution in [2.24, 2.45) is 5.41 Å². The van der Waals surface area contributed by atoms with E-state index in [1.54, 1.807) is 0 Å². The van der Waals surface area contributed by atoms with E-state index in [2.05, 4.69) is 24.5 Å². The standard InChI is InChI=1S/C13H24N2O4/c1-13(2)6-4-9(5-7-13)14-12(18)15-10(8-19-3)11(16)17/h9-10H,4-8H2,1-3H3,(H,16,17)(H2,14,15,18). The third kappa shape index (κ3) is 5.46. The maximum atomic E-state index is 11.7. The fourth-order valence-corrected chi connectivity index (χ4v) is 2.27. The lowest BCUT2D eigenvalue weighted by Crippen LogP contribution is -2.51. The van der Waals surface area contributed by atoms with Crippen molar-refractivity contribution in [1.82, 2.24) is 10.6 Å². The second kappa shape index (κ2) is 6.75. The molecule has 0 radical (unpaired) electrons. The number of carboxylic acids is 1. The minimum atomic E-state index is -1.10. The van der Waals surface area contributed by atoms with Crippen LogP contribution < -0.4 is 10.6 Å². The lowest BCUT2D eigenvalue weighted by atomic mass is 9.76. The summed E-state index contributed by atoms with van der Waals surface area (Å²) in [6, 6.07) is -1.32. The molecule has 1 aliphatic rings. The average Bonchev–Trinajstić information content (AvgIpc) is 2.31. The number of aliphatic carboxylic acids is 1. The Kier molecular flexibility index (Phi) is 5.60. The summed E-state index contributed by atoms with van der Waals surface area (Å²) < 4.78 is 4.76. The van der Waals surface area contributed by atoms with Crippen LogP contribution in [0.25, 0.3) is 0 Å². The van der Waals surface area contributed by atoms with Crippen molar-refractivity contribution in [3.05, 3.63) is 0 Å². The van der Waals surface area contributed by atoms with Crippen LogP contribution in [0.2, 0.25) is 0 Å². The molecule has 1 rings (SSSR count). The van der Waals surface area contributed by atoms with Crippen molar-refractivity contribution < 1.29 is 19.4 Å². The number of carbonyl (C=O) groups is 2. The summed E-state index contributed by atoms with van der Waals surface area (Å²) >= 11 is 0. The lowest BCUT2D eigenvalue weighted by molar-refractivity contribution is -0.140. The van der Waals surface area contributed by atoms with Crippen molar-refractivity contribution in [3.8, 4) is 0 Å². The molecule has 0 saturated heterocycles. The van der Waals surface area contributed by atoms with Crippen molar-refractivity contribution in [1.29, 1.82) is 0 Å². The first-order valence-electron chi connectivity index (χ1n) is 6.63. The number of amides is 2. The predicted molar refractivity (Wildman–Crippen MR) is 71.0 cm³/mol. The molecule has 0 aliphatic heterocycles. The number of nitrogens with one attached hydrogen (secondary N) is 2. The van der Waals surface area contributed by atoms with E-state index < -0.39 is 18.0 Å². The van der Waals surface area contributed by atoms with Gasteiger partial charge >= 0.3 is 12.0 Å². The highest BCUT2D eigenvalue weighted by atomic mass is 16.5. The molecule has 0 bridgehead atoms. The molecule has 0 aromatic rings. The Morgan fingerprint density at radius 3 is 2.42 bits per heavy atom. The zero-order valence-electron chi connectivity index (χ0n) is 11.9. The highest BCUT2D eigenvalue weighted by Crippen LogP contribution is 2.34. The zero-order valence-corrected chi connectivity index (χ0v) is 11.9. The molecule has 0 aromatic carbocycles. The van der Waals surface area contributed by atoms with Gasteiger partial charge in [0.15, 0.2) is 6.04 Å². The molecular weight excluding hydrogens is 248 g/mol. The summed E-state index contributed by atoms with van der Waals surface area (Å²) in [5.74, 6) is -1.10. The molecule has 1 aliphatic carbocycles. The van der Waals surface area contributed by atoms with Gasteiger partial charge in [-0.25, -0.2) is 9.59 Å². The van der Waals surface area contributed by atoms with E-state index in [4.69, 9.17) is 9.84 Å². The van der Waals surface area contributed by atoms with Crippen molar-refractivity contribution in [3.63, 3.8) is 0 Å². The van der Waals surface area contributed by atoms with Crippen LogP contribution in [-0.4, -0.2) is 42.9 Å². The first-order valence-corrected chi connectivity index (χ1v) is 6.63. The van der Waals surface area contributed by atoms with Gasteiger partial charge in [0.2, 0.25) is 0 Å². The van der Waals surface area contributed by atoms with Crippen LogP contribution in [0.15, 0.2) is 0 Å². The quantitative estimate of drug-likeness (QED) is 0.705. The van der Waals surface area contributed by atoms with Crippen LogP contribution in [0.4, 0.5) is 4.79 Å². The fraction of sp³-hybridized carbons (Fsp3) is 0.846. The van der Waals surface area contributed by atoms with Gasteiger partial charge in [-0.3, -0.25) is 0 Å². The Balaban J connectivity index is 2.37. The molecule has 1 fully saturated rings. The average molecular weight is 272 g/mol. The van der Waals surface area contributed by atoms with Gasteiger partial charge in [0.1, 0.15) is 0 Å². The van der Waals surface area contributed by atoms with Crippen LogP contribution in [0.3, 0.4) is 0 Å². The summed E-state index contributed by atoms with van der Waals surface area (Å²) in [7, 11) is 1.40. The van der Waals surface area contributed by atoms with Crippen molar-refractivity contribution in [2.75, 3.05) is 13.7 Å². The molecule has 1 atom stereocenters. The summed E-state index contributed by atoms with van der Waals surface area (Å²) in [6.45, 7) is 4.41. The topological polar surface area (TPSA) is 87.7 Å². The van der Waals surface area contributed by atoms with E-state index in [1.807, 2.05) is 0 Å². The first kappa shape index (κ1) is 15.8. The summed E-state index contributed by atoms with van der Waals surface area (Å²) in [5, 5.41) is 14.1. The molecule has 1 unspecified atom stereocenters. The Morgan fingerprint density at radius 2 is 1.95 bits per heavy atom. The van der Waals surface area contributed by atoms with Crippen LogP contribution in [0.1, 0.15) is 39.5 Å². The van der Waals surface area contributed by atoms with Gasteiger partial charge in [0.05, 0.1) is 6.61 Å². The maximum Gasteiger partial charge on any atom is 0.328 e. The van der Waals surface area contributed by atoms with E-state index in [9.17, 15) is 9.59 Å². The van der Waals surface area contributed by atoms with Crippen LogP contribution in [0.5, 0.6) is 0 Å². The molecule has 6 nitrogen and oxygen atoms in total. The predicted octanol–water partition coefficient (Wildman–Crippen LogP) is 1.35. The largest absolute Gasteiger partial charge is 0.480 e. The normalized spacial score (nSPS) is 20.6. The molecule has 1 saturated carbocycles. The van der Waals surface area contributed by atoms with Crippen LogP contribution >= 0.6 is 0 Å². The Labute approximate surface area is 113 Å². The van der Waals surface area contributed by atoms with E-state index in [0.717, 1.165) is 25.7 Å². The summed E-state index contributed by atoms with van der Waals surface area (Å²) in [6.07, 6.45) is 4.00. The number of hydrogen-bond acceptors (Lipinski definition) is 3. The Hall–Kier alpha value is -1.30. The summed E-state index contributed by atoms with van der Waals surface area (Å²) in [5.41, 5.74) is 0.342. The lowest BCUT2D eigenvalue weighted by Gasteiger charge is -2.34. The Morgan fingerprint density at radius 1 is 1.37 bits per heavy atom. The fourth-order valence-electron chi connectivity index (χ4n) is 2.27. The highest BCUT2D eigenvalue weighted by molar-refractivity contribution is 5.82. The van der Waals surface area contributed by atoms with Crippen molar-refractivity contribution in [2.45, 2.75) is 51.6 Å². The number of hydrogen-bond donors (Lipinski definition) is 3. The van der Waals surface area contributed by atoms with Crippen LogP contribution in [-0.2, 0) is 9.53 Å². The second-order valence-electron chi connectivity index (χ2n) is 5.90. The second-order valence-corrected chi connectivity index (χ2v) is 5.90. The SMILES string of the molecule is COCC(NC(=O)NC1CCC(C)(C)CC1)C(=O)O.